The molecule has 4 unspecified atom stereocenters. The molecule has 3 aliphatic rings. The van der Waals surface area contributed by atoms with Crippen molar-refractivity contribution >= 4 is 6.09 Å². The molecule has 9 nitrogen and oxygen atoms in total. The lowest BCUT2D eigenvalue weighted by Gasteiger charge is -2.32. The van der Waals surface area contributed by atoms with E-state index in [0.717, 1.165) is 55.4 Å². The molecule has 1 aliphatic carbocycles. The number of hydrogen-bond acceptors (Lipinski definition) is 8. The lowest BCUT2D eigenvalue weighted by atomic mass is 9.97. The molecule has 2 aromatic carbocycles. The summed E-state index contributed by atoms with van der Waals surface area (Å²) >= 11 is 0. The summed E-state index contributed by atoms with van der Waals surface area (Å²) in [5.74, 6) is 0.827. The van der Waals surface area contributed by atoms with Gasteiger partial charge in [0, 0.05) is 19.1 Å². The van der Waals surface area contributed by atoms with Crippen molar-refractivity contribution in [2.24, 2.45) is 5.92 Å². The minimum Gasteiger partial charge on any atom is -0.497 e. The average molecular weight is 555 g/mol. The van der Waals surface area contributed by atoms with Gasteiger partial charge in [-0.2, -0.15) is 5.06 Å². The van der Waals surface area contributed by atoms with E-state index in [1.807, 2.05) is 59.7 Å². The van der Waals surface area contributed by atoms with Gasteiger partial charge in [-0.25, -0.2) is 4.79 Å². The molecule has 2 N–H and O–H groups in total. The van der Waals surface area contributed by atoms with Crippen LogP contribution in [-0.2, 0) is 32.0 Å². The van der Waals surface area contributed by atoms with Crippen LogP contribution in [0.25, 0.3) is 0 Å². The Labute approximate surface area is 236 Å². The third-order valence-electron chi connectivity index (χ3n) is 8.05. The number of nitrogens with zero attached hydrogens (tertiary/aromatic N) is 1. The first kappa shape index (κ1) is 28.8. The van der Waals surface area contributed by atoms with Crippen LogP contribution in [0.1, 0.15) is 49.7 Å². The third-order valence-corrected chi connectivity index (χ3v) is 8.05. The first-order chi connectivity index (χ1) is 19.6. The van der Waals surface area contributed by atoms with E-state index in [-0.39, 0.29) is 31.0 Å². The van der Waals surface area contributed by atoms with Crippen LogP contribution in [0.15, 0.2) is 54.6 Å². The van der Waals surface area contributed by atoms with Crippen molar-refractivity contribution in [3.05, 3.63) is 65.7 Å². The molecular weight excluding hydrogens is 512 g/mol. The molecule has 2 heterocycles. The Balaban J connectivity index is 1.26. The molecule has 1 saturated carbocycles. The number of carbonyl (C=O) groups excluding carboxylic acids is 1. The number of nitrogens with one attached hydrogen (secondary N) is 1. The summed E-state index contributed by atoms with van der Waals surface area (Å²) in [6.45, 7) is 1.72. The van der Waals surface area contributed by atoms with E-state index in [1.165, 1.54) is 0 Å². The van der Waals surface area contributed by atoms with E-state index in [2.05, 4.69) is 5.32 Å². The quantitative estimate of drug-likeness (QED) is 0.377. The summed E-state index contributed by atoms with van der Waals surface area (Å²) in [5.41, 5.74) is 2.05. The van der Waals surface area contributed by atoms with Gasteiger partial charge in [0.1, 0.15) is 11.9 Å². The van der Waals surface area contributed by atoms with Gasteiger partial charge in [0.05, 0.1) is 38.5 Å². The molecule has 40 heavy (non-hydrogen) atoms. The minimum absolute atomic E-state index is 0.0387. The van der Waals surface area contributed by atoms with E-state index in [0.29, 0.717) is 26.2 Å². The summed E-state index contributed by atoms with van der Waals surface area (Å²) in [4.78, 5) is 19.5. The molecular formula is C31H42N2O7. The smallest absolute Gasteiger partial charge is 0.407 e. The molecule has 2 saturated heterocycles. The molecule has 9 heteroatoms. The lowest BCUT2D eigenvalue weighted by Crippen LogP contribution is -2.50. The number of ether oxygens (including phenoxy) is 4. The van der Waals surface area contributed by atoms with Crippen LogP contribution in [0.5, 0.6) is 5.75 Å². The Hall–Kier alpha value is -2.69. The average Bonchev–Trinajstić information content (AvgIpc) is 3.64. The highest BCUT2D eigenvalue weighted by Gasteiger charge is 2.42. The number of hydroxylamine groups is 2. The number of rotatable bonds is 12. The second kappa shape index (κ2) is 14.3. The lowest BCUT2D eigenvalue weighted by molar-refractivity contribution is -0.214. The number of carbonyl (C=O) groups is 1. The van der Waals surface area contributed by atoms with E-state index in [4.69, 9.17) is 23.8 Å². The van der Waals surface area contributed by atoms with E-state index in [1.54, 1.807) is 7.11 Å². The molecule has 2 aromatic rings. The number of aliphatic hydroxyl groups excluding tert-OH is 1. The van der Waals surface area contributed by atoms with Crippen molar-refractivity contribution in [3.8, 4) is 5.75 Å². The standard InChI is InChI=1S/C31H42N2O7/c1-36-24-15-13-23(14-16-24)19-33(40-25-10-5-6-11-25)20-28(34)27(18-22-8-3-2-4-9-22)32-31(35)39-29-21-38-30-26(29)12-7-17-37-30/h2-4,8-9,13-16,25-30,34H,5-7,10-12,17-21H2,1H3,(H,32,35)/t26?,27-,28?,29?,30?/m0/s1. The zero-order valence-corrected chi connectivity index (χ0v) is 23.3. The summed E-state index contributed by atoms with van der Waals surface area (Å²) in [7, 11) is 1.65. The normalized spacial score (nSPS) is 24.4. The molecule has 1 amide bonds. The fourth-order valence-corrected chi connectivity index (χ4v) is 5.84. The van der Waals surface area contributed by atoms with Crippen LogP contribution in [-0.4, -0.2) is 73.8 Å². The highest BCUT2D eigenvalue weighted by molar-refractivity contribution is 5.68. The second-order valence-electron chi connectivity index (χ2n) is 11.0. The van der Waals surface area contributed by atoms with Crippen molar-refractivity contribution in [1.82, 2.24) is 10.4 Å². The first-order valence-electron chi connectivity index (χ1n) is 14.5. The van der Waals surface area contributed by atoms with Gasteiger partial charge in [-0.05, 0) is 55.4 Å². The fraction of sp³-hybridized carbons (Fsp3) is 0.581. The first-order valence-corrected chi connectivity index (χ1v) is 14.5. The molecule has 3 fully saturated rings. The third kappa shape index (κ3) is 7.95. The van der Waals surface area contributed by atoms with Crippen molar-refractivity contribution in [3.63, 3.8) is 0 Å². The highest BCUT2D eigenvalue weighted by Crippen LogP contribution is 2.32. The Morgan fingerprint density at radius 1 is 1.02 bits per heavy atom. The van der Waals surface area contributed by atoms with E-state index < -0.39 is 18.2 Å². The summed E-state index contributed by atoms with van der Waals surface area (Å²) in [6.07, 6.45) is 4.56. The molecule has 0 spiro atoms. The summed E-state index contributed by atoms with van der Waals surface area (Å²) in [5, 5.41) is 16.3. The van der Waals surface area contributed by atoms with Crippen LogP contribution in [0.4, 0.5) is 4.79 Å². The van der Waals surface area contributed by atoms with Crippen molar-refractivity contribution < 1.29 is 33.7 Å². The molecule has 218 valence electrons. The second-order valence-corrected chi connectivity index (χ2v) is 11.0. The fourth-order valence-electron chi connectivity index (χ4n) is 5.84. The predicted molar refractivity (Wildman–Crippen MR) is 149 cm³/mol. The summed E-state index contributed by atoms with van der Waals surface area (Å²) in [6, 6.07) is 17.1. The minimum atomic E-state index is -0.905. The monoisotopic (exact) mass is 554 g/mol. The molecule has 0 bridgehead atoms. The molecule has 0 radical (unpaired) electrons. The van der Waals surface area contributed by atoms with Gasteiger partial charge in [-0.15, -0.1) is 0 Å². The highest BCUT2D eigenvalue weighted by atomic mass is 16.7. The predicted octanol–water partition coefficient (Wildman–Crippen LogP) is 4.22. The Kier molecular flexibility index (Phi) is 10.3. The molecule has 5 atom stereocenters. The zero-order chi connectivity index (χ0) is 27.7. The number of aliphatic hydroxyl groups is 1. The maximum Gasteiger partial charge on any atom is 0.407 e. The number of amides is 1. The van der Waals surface area contributed by atoms with Crippen molar-refractivity contribution in [2.45, 2.75) is 82.1 Å². The van der Waals surface area contributed by atoms with Gasteiger partial charge in [0.2, 0.25) is 0 Å². The van der Waals surface area contributed by atoms with E-state index >= 15 is 0 Å². The largest absolute Gasteiger partial charge is 0.497 e. The summed E-state index contributed by atoms with van der Waals surface area (Å²) < 4.78 is 22.5. The Morgan fingerprint density at radius 2 is 1.80 bits per heavy atom. The van der Waals surface area contributed by atoms with Crippen LogP contribution in [0, 0.1) is 5.92 Å². The van der Waals surface area contributed by atoms with Crippen molar-refractivity contribution in [1.29, 1.82) is 0 Å². The number of alkyl carbamates (subject to hydrolysis) is 1. The molecule has 0 aromatic heterocycles. The van der Waals surface area contributed by atoms with Gasteiger partial charge in [-0.3, -0.25) is 4.84 Å². The SMILES string of the molecule is COc1ccc(CN(CC(O)[C@H](Cc2ccccc2)NC(=O)OC2COC3OCCCC23)OC2CCCC2)cc1. The topological polar surface area (TPSA) is 98.7 Å². The van der Waals surface area contributed by atoms with Gasteiger partial charge >= 0.3 is 6.09 Å². The number of hydrogen-bond donors (Lipinski definition) is 2. The number of methoxy groups -OCH3 is 1. The van der Waals surface area contributed by atoms with E-state index in [9.17, 15) is 9.90 Å². The molecule has 2 aliphatic heterocycles. The van der Waals surface area contributed by atoms with Crippen molar-refractivity contribution in [2.75, 3.05) is 26.9 Å². The Bertz CT molecular complexity index is 1050. The maximum atomic E-state index is 13.1. The van der Waals surface area contributed by atoms with Crippen LogP contribution in [0.2, 0.25) is 0 Å². The number of benzene rings is 2. The van der Waals surface area contributed by atoms with Crippen LogP contribution < -0.4 is 10.1 Å². The van der Waals surface area contributed by atoms with Gasteiger partial charge in [-0.1, -0.05) is 55.3 Å². The van der Waals surface area contributed by atoms with Crippen LogP contribution >= 0.6 is 0 Å². The number of fused-ring (bicyclic) bond motifs is 1. The Morgan fingerprint density at radius 3 is 2.55 bits per heavy atom. The van der Waals surface area contributed by atoms with Crippen LogP contribution in [0.3, 0.4) is 0 Å². The van der Waals surface area contributed by atoms with Gasteiger partial charge in [0.25, 0.3) is 0 Å². The zero-order valence-electron chi connectivity index (χ0n) is 23.3. The maximum absolute atomic E-state index is 13.1. The van der Waals surface area contributed by atoms with Gasteiger partial charge in [0.15, 0.2) is 6.29 Å². The van der Waals surface area contributed by atoms with Gasteiger partial charge < -0.3 is 29.4 Å². The molecule has 5 rings (SSSR count).